The molecule has 2 fully saturated rings. The molecule has 1 atom stereocenters. The summed E-state index contributed by atoms with van der Waals surface area (Å²) in [5, 5.41) is 1.77. The summed E-state index contributed by atoms with van der Waals surface area (Å²) >= 11 is 1.23. The summed E-state index contributed by atoms with van der Waals surface area (Å²) in [6.45, 7) is 2.14. The molecule has 2 aliphatic rings. The van der Waals surface area contributed by atoms with Crippen LogP contribution in [0, 0.1) is 5.92 Å². The van der Waals surface area contributed by atoms with E-state index in [-0.39, 0.29) is 18.4 Å². The first-order valence-corrected chi connectivity index (χ1v) is 13.1. The lowest BCUT2D eigenvalue weighted by atomic mass is 9.93. The fourth-order valence-electron chi connectivity index (χ4n) is 4.70. The normalized spacial score (nSPS) is 21.5. The standard InChI is InChI=1S/C22H26N4O3S2/c27-22(17-5-3-11-26(15-17)31(28,29)20-8-4-14-30-20)25-12-9-16(10-13-25)21-23-18-6-1-2-7-19(18)24-21/h1-2,4,6-8,14,16-17H,3,5,9-13,15H2,(H,23,24). The number of fused-ring (bicyclic) bond motifs is 1. The Bertz CT molecular complexity index is 1130. The zero-order chi connectivity index (χ0) is 21.4. The molecule has 1 amide bonds. The molecule has 2 aliphatic heterocycles. The largest absolute Gasteiger partial charge is 0.342 e. The van der Waals surface area contributed by atoms with Gasteiger partial charge in [-0.05, 0) is 49.3 Å². The number of carbonyl (C=O) groups excluding carboxylic acids is 1. The first-order valence-electron chi connectivity index (χ1n) is 10.8. The third-order valence-corrected chi connectivity index (χ3v) is 9.66. The van der Waals surface area contributed by atoms with E-state index in [0.717, 1.165) is 42.5 Å². The minimum absolute atomic E-state index is 0.0918. The maximum Gasteiger partial charge on any atom is 0.252 e. The van der Waals surface area contributed by atoms with E-state index < -0.39 is 10.0 Å². The second-order valence-electron chi connectivity index (χ2n) is 8.37. The van der Waals surface area contributed by atoms with Crippen LogP contribution in [0.3, 0.4) is 0 Å². The molecule has 3 aromatic rings. The predicted octanol–water partition coefficient (Wildman–Crippen LogP) is 3.43. The lowest BCUT2D eigenvalue weighted by Gasteiger charge is -2.37. The van der Waals surface area contributed by atoms with Gasteiger partial charge in [0.2, 0.25) is 5.91 Å². The van der Waals surface area contributed by atoms with Gasteiger partial charge in [0.25, 0.3) is 10.0 Å². The van der Waals surface area contributed by atoms with Crippen LogP contribution in [0.5, 0.6) is 0 Å². The third kappa shape index (κ3) is 4.02. The molecule has 0 saturated carbocycles. The van der Waals surface area contributed by atoms with Gasteiger partial charge in [-0.25, -0.2) is 13.4 Å². The molecule has 5 rings (SSSR count). The van der Waals surface area contributed by atoms with Crippen LogP contribution in [-0.4, -0.2) is 59.7 Å². The van der Waals surface area contributed by atoms with Crippen LogP contribution < -0.4 is 0 Å². The molecule has 2 saturated heterocycles. The maximum absolute atomic E-state index is 13.2. The number of hydrogen-bond acceptors (Lipinski definition) is 5. The summed E-state index contributed by atoms with van der Waals surface area (Å²) in [6, 6.07) is 11.4. The van der Waals surface area contributed by atoms with E-state index in [9.17, 15) is 13.2 Å². The number of benzene rings is 1. The Morgan fingerprint density at radius 1 is 1.06 bits per heavy atom. The minimum Gasteiger partial charge on any atom is -0.342 e. The van der Waals surface area contributed by atoms with E-state index in [2.05, 4.69) is 4.98 Å². The van der Waals surface area contributed by atoms with E-state index in [1.165, 1.54) is 15.6 Å². The molecule has 31 heavy (non-hydrogen) atoms. The van der Waals surface area contributed by atoms with E-state index in [0.29, 0.717) is 29.8 Å². The lowest BCUT2D eigenvalue weighted by Crippen LogP contribution is -2.48. The van der Waals surface area contributed by atoms with Crippen molar-refractivity contribution in [2.45, 2.75) is 35.8 Å². The number of thiophene rings is 1. The summed E-state index contributed by atoms with van der Waals surface area (Å²) in [5.41, 5.74) is 2.02. The first-order chi connectivity index (χ1) is 15.0. The first kappa shape index (κ1) is 20.7. The maximum atomic E-state index is 13.2. The Kier molecular flexibility index (Phi) is 5.58. The molecule has 1 unspecified atom stereocenters. The van der Waals surface area contributed by atoms with Crippen LogP contribution >= 0.6 is 11.3 Å². The Balaban J connectivity index is 1.22. The van der Waals surface area contributed by atoms with Crippen molar-refractivity contribution in [3.8, 4) is 0 Å². The molecule has 0 radical (unpaired) electrons. The highest BCUT2D eigenvalue weighted by Crippen LogP contribution is 2.31. The Morgan fingerprint density at radius 3 is 2.61 bits per heavy atom. The van der Waals surface area contributed by atoms with Gasteiger partial charge in [-0.3, -0.25) is 4.79 Å². The summed E-state index contributed by atoms with van der Waals surface area (Å²) in [6.07, 6.45) is 3.21. The average Bonchev–Trinajstić information content (AvgIpc) is 3.49. The number of para-hydroxylation sites is 2. The summed E-state index contributed by atoms with van der Waals surface area (Å²) in [5.74, 6) is 1.15. The van der Waals surface area contributed by atoms with Gasteiger partial charge in [-0.1, -0.05) is 18.2 Å². The number of H-pyrrole nitrogens is 1. The zero-order valence-electron chi connectivity index (χ0n) is 17.2. The van der Waals surface area contributed by atoms with Crippen molar-refractivity contribution in [3.63, 3.8) is 0 Å². The highest BCUT2D eigenvalue weighted by atomic mass is 32.2. The van der Waals surface area contributed by atoms with Gasteiger partial charge in [0.05, 0.1) is 17.0 Å². The molecule has 164 valence electrons. The number of likely N-dealkylation sites (tertiary alicyclic amines) is 1. The number of amides is 1. The van der Waals surface area contributed by atoms with Crippen molar-refractivity contribution in [3.05, 3.63) is 47.6 Å². The van der Waals surface area contributed by atoms with Gasteiger partial charge in [-0.2, -0.15) is 4.31 Å². The molecule has 9 heteroatoms. The summed E-state index contributed by atoms with van der Waals surface area (Å²) in [4.78, 5) is 23.2. The molecule has 4 heterocycles. The Labute approximate surface area is 186 Å². The molecular formula is C22H26N4O3S2. The number of carbonyl (C=O) groups is 1. The van der Waals surface area contributed by atoms with Gasteiger partial charge in [0.15, 0.2) is 0 Å². The number of nitrogens with one attached hydrogen (secondary N) is 1. The number of sulfonamides is 1. The van der Waals surface area contributed by atoms with Crippen LogP contribution in [0.1, 0.15) is 37.4 Å². The van der Waals surface area contributed by atoms with E-state index >= 15 is 0 Å². The second kappa shape index (κ2) is 8.37. The Hall–Kier alpha value is -2.23. The van der Waals surface area contributed by atoms with Crippen molar-refractivity contribution in [1.29, 1.82) is 0 Å². The molecule has 2 aromatic heterocycles. The monoisotopic (exact) mass is 458 g/mol. The van der Waals surface area contributed by atoms with Gasteiger partial charge in [0, 0.05) is 32.1 Å². The number of imidazole rings is 1. The van der Waals surface area contributed by atoms with E-state index in [1.54, 1.807) is 17.5 Å². The molecule has 7 nitrogen and oxygen atoms in total. The second-order valence-corrected chi connectivity index (χ2v) is 11.5. The molecule has 1 aromatic carbocycles. The molecular weight excluding hydrogens is 432 g/mol. The number of rotatable bonds is 4. The number of aromatic nitrogens is 2. The lowest BCUT2D eigenvalue weighted by molar-refractivity contribution is -0.137. The fraction of sp³-hybridized carbons (Fsp3) is 0.455. The minimum atomic E-state index is -3.50. The SMILES string of the molecule is O=C(C1CCCN(S(=O)(=O)c2cccs2)C1)N1CCC(c2nc3ccccc3[nH]2)CC1. The average molecular weight is 459 g/mol. The van der Waals surface area contributed by atoms with Crippen molar-refractivity contribution >= 4 is 38.3 Å². The highest BCUT2D eigenvalue weighted by Gasteiger charge is 2.36. The molecule has 1 N–H and O–H groups in total. The number of piperidine rings is 2. The number of hydrogen-bond donors (Lipinski definition) is 1. The zero-order valence-corrected chi connectivity index (χ0v) is 18.9. The number of aromatic amines is 1. The van der Waals surface area contributed by atoms with Crippen LogP contribution in [-0.2, 0) is 14.8 Å². The summed E-state index contributed by atoms with van der Waals surface area (Å²) < 4.78 is 27.6. The van der Waals surface area contributed by atoms with Gasteiger partial charge in [-0.15, -0.1) is 11.3 Å². The van der Waals surface area contributed by atoms with Gasteiger partial charge < -0.3 is 9.88 Å². The fourth-order valence-corrected chi connectivity index (χ4v) is 7.37. The Morgan fingerprint density at radius 2 is 1.87 bits per heavy atom. The number of nitrogens with zero attached hydrogens (tertiary/aromatic N) is 3. The van der Waals surface area contributed by atoms with Crippen LogP contribution in [0.15, 0.2) is 46.0 Å². The topological polar surface area (TPSA) is 86.4 Å². The predicted molar refractivity (Wildman–Crippen MR) is 120 cm³/mol. The third-order valence-electron chi connectivity index (χ3n) is 6.42. The molecule has 0 bridgehead atoms. The molecule has 0 aliphatic carbocycles. The van der Waals surface area contributed by atoms with Gasteiger partial charge >= 0.3 is 0 Å². The van der Waals surface area contributed by atoms with Crippen molar-refractivity contribution in [2.75, 3.05) is 26.2 Å². The van der Waals surface area contributed by atoms with Gasteiger partial charge in [0.1, 0.15) is 10.0 Å². The van der Waals surface area contributed by atoms with Crippen LogP contribution in [0.2, 0.25) is 0 Å². The van der Waals surface area contributed by atoms with Crippen molar-refractivity contribution in [2.24, 2.45) is 5.92 Å². The van der Waals surface area contributed by atoms with Crippen molar-refractivity contribution in [1.82, 2.24) is 19.2 Å². The van der Waals surface area contributed by atoms with E-state index in [4.69, 9.17) is 4.98 Å². The molecule has 0 spiro atoms. The summed E-state index contributed by atoms with van der Waals surface area (Å²) in [7, 11) is -3.50. The smallest absolute Gasteiger partial charge is 0.252 e. The van der Waals surface area contributed by atoms with Crippen molar-refractivity contribution < 1.29 is 13.2 Å². The highest BCUT2D eigenvalue weighted by molar-refractivity contribution is 7.91. The van der Waals surface area contributed by atoms with Crippen LogP contribution in [0.25, 0.3) is 11.0 Å². The van der Waals surface area contributed by atoms with Crippen LogP contribution in [0.4, 0.5) is 0 Å². The quantitative estimate of drug-likeness (QED) is 0.649. The van der Waals surface area contributed by atoms with E-state index in [1.807, 2.05) is 29.2 Å².